The molecule has 2 rings (SSSR count). The summed E-state index contributed by atoms with van der Waals surface area (Å²) in [7, 11) is -1.83. The lowest BCUT2D eigenvalue weighted by Crippen LogP contribution is -2.32. The molecule has 0 heterocycles. The molecule has 0 saturated heterocycles. The molecule has 0 radical (unpaired) electrons. The van der Waals surface area contributed by atoms with Gasteiger partial charge >= 0.3 is 13.3 Å². The Hall–Kier alpha value is -1.79. The van der Waals surface area contributed by atoms with Crippen LogP contribution >= 0.6 is 0 Å². The van der Waals surface area contributed by atoms with Gasteiger partial charge in [-0.2, -0.15) is 13.2 Å². The number of aryl methyl sites for hydroxylation is 1. The van der Waals surface area contributed by atoms with E-state index in [9.17, 15) is 23.2 Å². The van der Waals surface area contributed by atoms with E-state index >= 15 is 0 Å². The minimum absolute atomic E-state index is 0.0434. The summed E-state index contributed by atoms with van der Waals surface area (Å²) in [5, 5.41) is 18.6. The fourth-order valence-electron chi connectivity index (χ4n) is 1.94. The highest BCUT2D eigenvalue weighted by atomic mass is 19.4. The van der Waals surface area contributed by atoms with Gasteiger partial charge in [-0.15, -0.1) is 0 Å². The Bertz CT molecular complexity index is 607. The van der Waals surface area contributed by atoms with Crippen molar-refractivity contribution in [3.05, 3.63) is 53.6 Å². The predicted octanol–water partition coefficient (Wildman–Crippen LogP) is 2.36. The van der Waals surface area contributed by atoms with E-state index in [0.717, 1.165) is 23.8 Å². The summed E-state index contributed by atoms with van der Waals surface area (Å²) >= 11 is 0. The zero-order valence-corrected chi connectivity index (χ0v) is 10.6. The SMILES string of the molecule is Cc1ccc(-c2cc(C(F)(F)F)ccc2B(O)O)cc1. The van der Waals surface area contributed by atoms with Crippen molar-refractivity contribution < 1.29 is 23.2 Å². The van der Waals surface area contributed by atoms with Crippen LogP contribution < -0.4 is 5.46 Å². The van der Waals surface area contributed by atoms with Crippen LogP contribution in [0.5, 0.6) is 0 Å². The maximum absolute atomic E-state index is 12.8. The van der Waals surface area contributed by atoms with Gasteiger partial charge in [0.1, 0.15) is 0 Å². The van der Waals surface area contributed by atoms with Crippen LogP contribution in [0.3, 0.4) is 0 Å². The number of halogens is 3. The Kier molecular flexibility index (Phi) is 3.88. The van der Waals surface area contributed by atoms with Crippen molar-refractivity contribution >= 4 is 12.6 Å². The molecule has 0 saturated carbocycles. The first-order chi connectivity index (χ1) is 9.29. The van der Waals surface area contributed by atoms with Crippen molar-refractivity contribution in [2.45, 2.75) is 13.1 Å². The molecule has 0 fully saturated rings. The maximum Gasteiger partial charge on any atom is 0.489 e. The normalized spacial score (nSPS) is 11.5. The van der Waals surface area contributed by atoms with Crippen LogP contribution in [-0.4, -0.2) is 17.2 Å². The summed E-state index contributed by atoms with van der Waals surface area (Å²) in [5.41, 5.74) is 0.853. The van der Waals surface area contributed by atoms with Crippen molar-refractivity contribution in [1.29, 1.82) is 0 Å². The van der Waals surface area contributed by atoms with Gasteiger partial charge in [-0.1, -0.05) is 42.0 Å². The van der Waals surface area contributed by atoms with Gasteiger partial charge in [0.2, 0.25) is 0 Å². The van der Waals surface area contributed by atoms with E-state index in [2.05, 4.69) is 0 Å². The van der Waals surface area contributed by atoms with Crippen molar-refractivity contribution in [3.63, 3.8) is 0 Å². The van der Waals surface area contributed by atoms with Crippen LogP contribution in [0, 0.1) is 6.92 Å². The molecular weight excluding hydrogens is 268 g/mol. The van der Waals surface area contributed by atoms with Crippen molar-refractivity contribution in [3.8, 4) is 11.1 Å². The molecule has 2 nitrogen and oxygen atoms in total. The van der Waals surface area contributed by atoms with Crippen molar-refractivity contribution in [1.82, 2.24) is 0 Å². The molecule has 0 aliphatic heterocycles. The van der Waals surface area contributed by atoms with E-state index in [4.69, 9.17) is 0 Å². The summed E-state index contributed by atoms with van der Waals surface area (Å²) in [6.07, 6.45) is -4.47. The van der Waals surface area contributed by atoms with E-state index in [-0.39, 0.29) is 11.0 Å². The van der Waals surface area contributed by atoms with Crippen molar-refractivity contribution in [2.75, 3.05) is 0 Å². The number of benzene rings is 2. The molecule has 0 bridgehead atoms. The zero-order chi connectivity index (χ0) is 14.9. The molecule has 0 spiro atoms. The van der Waals surface area contributed by atoms with Gasteiger partial charge in [0.15, 0.2) is 0 Å². The third kappa shape index (κ3) is 3.03. The Morgan fingerprint density at radius 3 is 2.05 bits per heavy atom. The fourth-order valence-corrected chi connectivity index (χ4v) is 1.94. The second-order valence-corrected chi connectivity index (χ2v) is 4.54. The quantitative estimate of drug-likeness (QED) is 0.829. The molecular formula is C14H12BF3O2. The minimum Gasteiger partial charge on any atom is -0.423 e. The molecule has 6 heteroatoms. The van der Waals surface area contributed by atoms with Crippen molar-refractivity contribution in [2.24, 2.45) is 0 Å². The van der Waals surface area contributed by atoms with Crippen LogP contribution in [0.4, 0.5) is 13.2 Å². The molecule has 2 aromatic carbocycles. The van der Waals surface area contributed by atoms with E-state index < -0.39 is 18.9 Å². The molecule has 0 unspecified atom stereocenters. The molecule has 20 heavy (non-hydrogen) atoms. The topological polar surface area (TPSA) is 40.5 Å². The van der Waals surface area contributed by atoms with Gasteiger partial charge in [-0.25, -0.2) is 0 Å². The van der Waals surface area contributed by atoms with Gasteiger partial charge in [-0.05, 0) is 29.6 Å². The molecule has 0 atom stereocenters. The summed E-state index contributed by atoms with van der Waals surface area (Å²) in [6, 6.07) is 9.66. The lowest BCUT2D eigenvalue weighted by molar-refractivity contribution is -0.137. The maximum atomic E-state index is 12.8. The number of rotatable bonds is 2. The first kappa shape index (κ1) is 14.6. The zero-order valence-electron chi connectivity index (χ0n) is 10.6. The van der Waals surface area contributed by atoms with Crippen LogP contribution in [0.25, 0.3) is 11.1 Å². The highest BCUT2D eigenvalue weighted by molar-refractivity contribution is 6.60. The Morgan fingerprint density at radius 1 is 0.950 bits per heavy atom. The van der Waals surface area contributed by atoms with Gasteiger partial charge in [-0.3, -0.25) is 0 Å². The van der Waals surface area contributed by atoms with Gasteiger partial charge in [0.25, 0.3) is 0 Å². The molecule has 2 N–H and O–H groups in total. The second-order valence-electron chi connectivity index (χ2n) is 4.54. The summed E-state index contributed by atoms with van der Waals surface area (Å²) < 4.78 is 38.3. The van der Waals surface area contributed by atoms with E-state index in [1.807, 2.05) is 6.92 Å². The van der Waals surface area contributed by atoms with Crippen LogP contribution in [0.1, 0.15) is 11.1 Å². The smallest absolute Gasteiger partial charge is 0.423 e. The van der Waals surface area contributed by atoms with Gasteiger partial charge in [0, 0.05) is 0 Å². The van der Waals surface area contributed by atoms with Crippen LogP contribution in [-0.2, 0) is 6.18 Å². The number of alkyl halides is 3. The molecule has 0 aromatic heterocycles. The van der Waals surface area contributed by atoms with Gasteiger partial charge in [0.05, 0.1) is 5.56 Å². The average molecular weight is 280 g/mol. The first-order valence-corrected chi connectivity index (χ1v) is 5.93. The Morgan fingerprint density at radius 2 is 1.55 bits per heavy atom. The van der Waals surface area contributed by atoms with E-state index in [1.54, 1.807) is 24.3 Å². The number of hydrogen-bond donors (Lipinski definition) is 2. The predicted molar refractivity (Wildman–Crippen MR) is 71.4 cm³/mol. The van der Waals surface area contributed by atoms with E-state index in [0.29, 0.717) is 5.56 Å². The second kappa shape index (κ2) is 5.30. The van der Waals surface area contributed by atoms with E-state index in [1.165, 1.54) is 0 Å². The highest BCUT2D eigenvalue weighted by Crippen LogP contribution is 2.31. The Balaban J connectivity index is 2.61. The third-order valence-electron chi connectivity index (χ3n) is 3.02. The minimum atomic E-state index is -4.47. The standard InChI is InChI=1S/C14H12BF3O2/c1-9-2-4-10(5-3-9)12-8-11(14(16,17)18)6-7-13(12)15(19)20/h2-8,19-20H,1H3. The third-order valence-corrected chi connectivity index (χ3v) is 3.02. The molecule has 0 aliphatic rings. The summed E-state index contributed by atoms with van der Waals surface area (Å²) in [4.78, 5) is 0. The Labute approximate surface area is 114 Å². The average Bonchev–Trinajstić information content (AvgIpc) is 2.37. The number of hydrogen-bond acceptors (Lipinski definition) is 2. The van der Waals surface area contributed by atoms with Crippen LogP contribution in [0.15, 0.2) is 42.5 Å². The molecule has 104 valence electrons. The lowest BCUT2D eigenvalue weighted by Gasteiger charge is -2.13. The molecule has 2 aromatic rings. The molecule has 0 amide bonds. The van der Waals surface area contributed by atoms with Gasteiger partial charge < -0.3 is 10.0 Å². The van der Waals surface area contributed by atoms with Crippen LogP contribution in [0.2, 0.25) is 0 Å². The fraction of sp³-hybridized carbons (Fsp3) is 0.143. The molecule has 0 aliphatic carbocycles. The first-order valence-electron chi connectivity index (χ1n) is 5.93. The largest absolute Gasteiger partial charge is 0.489 e. The monoisotopic (exact) mass is 280 g/mol. The summed E-state index contributed by atoms with van der Waals surface area (Å²) in [5.74, 6) is 0. The summed E-state index contributed by atoms with van der Waals surface area (Å²) in [6.45, 7) is 1.86. The lowest BCUT2D eigenvalue weighted by atomic mass is 9.75. The highest BCUT2D eigenvalue weighted by Gasteiger charge is 2.32.